The normalized spacial score (nSPS) is 14.6. The van der Waals surface area contributed by atoms with E-state index in [-0.39, 0.29) is 5.91 Å². The molecule has 5 rings (SSSR count). The second-order valence-corrected chi connectivity index (χ2v) is 10.7. The van der Waals surface area contributed by atoms with Gasteiger partial charge in [0.15, 0.2) is 11.5 Å². The standard InChI is InChI=1S/C29H22BrNO3S2/c1-33-25-15-20(16-26-28(32)31(29(35)36-26)17-19-8-3-2-4-9-19)14-24(30)27(25)34-18-22-12-7-11-21-10-5-6-13-23(21)22/h2-16H,17-18H2,1H3/b26-16-. The van der Waals surface area contributed by atoms with E-state index in [1.54, 1.807) is 12.0 Å². The van der Waals surface area contributed by atoms with E-state index in [1.165, 1.54) is 17.1 Å². The third-order valence-corrected chi connectivity index (χ3v) is 7.83. The first-order valence-electron chi connectivity index (χ1n) is 11.3. The van der Waals surface area contributed by atoms with Crippen LogP contribution in [0, 0.1) is 0 Å². The number of carbonyl (C=O) groups is 1. The summed E-state index contributed by atoms with van der Waals surface area (Å²) in [6.07, 6.45) is 1.84. The first kappa shape index (κ1) is 24.6. The minimum Gasteiger partial charge on any atom is -0.493 e. The smallest absolute Gasteiger partial charge is 0.266 e. The number of methoxy groups -OCH3 is 1. The lowest BCUT2D eigenvalue weighted by atomic mass is 10.1. The predicted octanol–water partition coefficient (Wildman–Crippen LogP) is 7.59. The summed E-state index contributed by atoms with van der Waals surface area (Å²) in [4.78, 5) is 15.3. The molecule has 1 aliphatic rings. The number of halogens is 1. The second kappa shape index (κ2) is 10.9. The van der Waals surface area contributed by atoms with Crippen LogP contribution in [0.5, 0.6) is 11.5 Å². The molecule has 0 spiro atoms. The molecule has 0 unspecified atom stereocenters. The van der Waals surface area contributed by atoms with Gasteiger partial charge < -0.3 is 9.47 Å². The quantitative estimate of drug-likeness (QED) is 0.167. The van der Waals surface area contributed by atoms with E-state index in [2.05, 4.69) is 40.2 Å². The molecule has 1 aliphatic heterocycles. The molecule has 0 radical (unpaired) electrons. The van der Waals surface area contributed by atoms with Crippen molar-refractivity contribution in [3.8, 4) is 11.5 Å². The largest absolute Gasteiger partial charge is 0.493 e. The first-order chi connectivity index (χ1) is 17.5. The van der Waals surface area contributed by atoms with Crippen LogP contribution in [-0.2, 0) is 17.9 Å². The molecule has 4 nitrogen and oxygen atoms in total. The number of carbonyl (C=O) groups excluding carboxylic acids is 1. The van der Waals surface area contributed by atoms with Crippen LogP contribution in [0.25, 0.3) is 16.8 Å². The van der Waals surface area contributed by atoms with Gasteiger partial charge in [0.2, 0.25) is 0 Å². The van der Waals surface area contributed by atoms with Gasteiger partial charge in [-0.25, -0.2) is 0 Å². The third kappa shape index (κ3) is 5.19. The predicted molar refractivity (Wildman–Crippen MR) is 154 cm³/mol. The van der Waals surface area contributed by atoms with Crippen LogP contribution in [0.15, 0.2) is 94.3 Å². The molecule has 1 amide bonds. The van der Waals surface area contributed by atoms with Gasteiger partial charge in [0.25, 0.3) is 5.91 Å². The lowest BCUT2D eigenvalue weighted by Gasteiger charge is -2.15. The van der Waals surface area contributed by atoms with Crippen molar-refractivity contribution in [2.75, 3.05) is 7.11 Å². The molecule has 1 fully saturated rings. The zero-order chi connectivity index (χ0) is 25.1. The molecule has 180 valence electrons. The highest BCUT2D eigenvalue weighted by atomic mass is 79.9. The summed E-state index contributed by atoms with van der Waals surface area (Å²) < 4.78 is 13.1. The third-order valence-electron chi connectivity index (χ3n) is 5.86. The molecule has 7 heteroatoms. The number of rotatable bonds is 7. The SMILES string of the molecule is COc1cc(/C=C2\SC(=S)N(Cc3ccccc3)C2=O)cc(Br)c1OCc1cccc2ccccc12. The van der Waals surface area contributed by atoms with Crippen molar-refractivity contribution >= 4 is 67.0 Å². The second-order valence-electron chi connectivity index (χ2n) is 8.21. The van der Waals surface area contributed by atoms with Crippen molar-refractivity contribution in [1.29, 1.82) is 0 Å². The highest BCUT2D eigenvalue weighted by molar-refractivity contribution is 9.10. The molecule has 0 atom stereocenters. The molecule has 0 aliphatic carbocycles. The van der Waals surface area contributed by atoms with Gasteiger partial charge in [0, 0.05) is 0 Å². The summed E-state index contributed by atoms with van der Waals surface area (Å²) in [5, 5.41) is 2.33. The lowest BCUT2D eigenvalue weighted by molar-refractivity contribution is -0.122. The Hall–Kier alpha value is -3.13. The van der Waals surface area contributed by atoms with E-state index in [4.69, 9.17) is 21.7 Å². The molecule has 1 heterocycles. The summed E-state index contributed by atoms with van der Waals surface area (Å²) >= 11 is 10.4. The van der Waals surface area contributed by atoms with Crippen LogP contribution >= 0.6 is 39.9 Å². The van der Waals surface area contributed by atoms with Crippen molar-refractivity contribution in [3.05, 3.63) is 111 Å². The maximum Gasteiger partial charge on any atom is 0.266 e. The van der Waals surface area contributed by atoms with E-state index in [1.807, 2.05) is 66.7 Å². The van der Waals surface area contributed by atoms with Crippen molar-refractivity contribution in [2.24, 2.45) is 0 Å². The number of fused-ring (bicyclic) bond motifs is 1. The summed E-state index contributed by atoms with van der Waals surface area (Å²) in [6, 6.07) is 28.1. The van der Waals surface area contributed by atoms with E-state index >= 15 is 0 Å². The van der Waals surface area contributed by atoms with Gasteiger partial charge >= 0.3 is 0 Å². The van der Waals surface area contributed by atoms with Crippen LogP contribution < -0.4 is 9.47 Å². The molecular weight excluding hydrogens is 554 g/mol. The van der Waals surface area contributed by atoms with Gasteiger partial charge in [0.1, 0.15) is 10.9 Å². The van der Waals surface area contributed by atoms with Crippen LogP contribution in [0.1, 0.15) is 16.7 Å². The maximum absolute atomic E-state index is 13.1. The van der Waals surface area contributed by atoms with Gasteiger partial charge in [-0.05, 0) is 61.6 Å². The first-order valence-corrected chi connectivity index (χ1v) is 13.3. The summed E-state index contributed by atoms with van der Waals surface area (Å²) in [6.45, 7) is 0.852. The fraction of sp³-hybridized carbons (Fsp3) is 0.103. The van der Waals surface area contributed by atoms with Gasteiger partial charge in [-0.3, -0.25) is 9.69 Å². The van der Waals surface area contributed by atoms with Crippen molar-refractivity contribution < 1.29 is 14.3 Å². The molecule has 0 bridgehead atoms. The zero-order valence-electron chi connectivity index (χ0n) is 19.4. The molecule has 36 heavy (non-hydrogen) atoms. The topological polar surface area (TPSA) is 38.8 Å². The van der Waals surface area contributed by atoms with Crippen LogP contribution in [-0.4, -0.2) is 22.2 Å². The van der Waals surface area contributed by atoms with Crippen LogP contribution in [0.2, 0.25) is 0 Å². The Labute approximate surface area is 228 Å². The maximum atomic E-state index is 13.1. The van der Waals surface area contributed by atoms with E-state index in [9.17, 15) is 4.79 Å². The van der Waals surface area contributed by atoms with Gasteiger partial charge in [-0.1, -0.05) is 96.8 Å². The highest BCUT2D eigenvalue weighted by Gasteiger charge is 2.32. The molecule has 0 saturated carbocycles. The molecule has 0 aromatic heterocycles. The Morgan fingerprint density at radius 3 is 2.56 bits per heavy atom. The van der Waals surface area contributed by atoms with Gasteiger partial charge in [-0.2, -0.15) is 0 Å². The van der Waals surface area contributed by atoms with Crippen molar-refractivity contribution in [3.63, 3.8) is 0 Å². The van der Waals surface area contributed by atoms with E-state index < -0.39 is 0 Å². The number of amides is 1. The lowest BCUT2D eigenvalue weighted by Crippen LogP contribution is -2.27. The average Bonchev–Trinajstić information content (AvgIpc) is 3.15. The molecule has 0 N–H and O–H groups in total. The number of hydrogen-bond donors (Lipinski definition) is 0. The molecule has 1 saturated heterocycles. The molecular formula is C29H22BrNO3S2. The summed E-state index contributed by atoms with van der Waals surface area (Å²) in [5.74, 6) is 1.09. The van der Waals surface area contributed by atoms with Gasteiger partial charge in [-0.15, -0.1) is 0 Å². The Morgan fingerprint density at radius 1 is 1.00 bits per heavy atom. The molecule has 4 aromatic carbocycles. The number of benzene rings is 4. The zero-order valence-corrected chi connectivity index (χ0v) is 22.7. The Bertz CT molecular complexity index is 1480. The fourth-order valence-electron chi connectivity index (χ4n) is 4.09. The number of thiocarbonyl (C=S) groups is 1. The van der Waals surface area contributed by atoms with Crippen LogP contribution in [0.4, 0.5) is 0 Å². The average molecular weight is 577 g/mol. The van der Waals surface area contributed by atoms with E-state index in [0.29, 0.717) is 33.9 Å². The molecule has 4 aromatic rings. The van der Waals surface area contributed by atoms with Crippen molar-refractivity contribution in [2.45, 2.75) is 13.2 Å². The van der Waals surface area contributed by atoms with Gasteiger partial charge in [0.05, 0.1) is 23.0 Å². The fourth-order valence-corrected chi connectivity index (χ4v) is 5.91. The monoisotopic (exact) mass is 575 g/mol. The van der Waals surface area contributed by atoms with Crippen LogP contribution in [0.3, 0.4) is 0 Å². The Balaban J connectivity index is 1.37. The minimum atomic E-state index is -0.0970. The minimum absolute atomic E-state index is 0.0970. The Kier molecular flexibility index (Phi) is 7.41. The number of thioether (sulfide) groups is 1. The number of hydrogen-bond acceptors (Lipinski definition) is 5. The number of nitrogens with zero attached hydrogens (tertiary/aromatic N) is 1. The summed E-state index contributed by atoms with van der Waals surface area (Å²) in [7, 11) is 1.61. The number of ether oxygens (including phenoxy) is 2. The van der Waals surface area contributed by atoms with E-state index in [0.717, 1.165) is 26.5 Å². The Morgan fingerprint density at radius 2 is 1.75 bits per heavy atom. The summed E-state index contributed by atoms with van der Waals surface area (Å²) in [5.41, 5.74) is 2.94. The highest BCUT2D eigenvalue weighted by Crippen LogP contribution is 2.40. The van der Waals surface area contributed by atoms with Crippen molar-refractivity contribution in [1.82, 2.24) is 4.90 Å².